The first-order chi connectivity index (χ1) is 13.6. The zero-order valence-corrected chi connectivity index (χ0v) is 16.3. The number of aryl methyl sites for hydroxylation is 2. The summed E-state index contributed by atoms with van der Waals surface area (Å²) < 4.78 is 24.5. The van der Waals surface area contributed by atoms with Crippen molar-refractivity contribution in [2.24, 2.45) is 0 Å². The van der Waals surface area contributed by atoms with Crippen LogP contribution in [0.15, 0.2) is 45.6 Å². The minimum absolute atomic E-state index is 0.243. The molecule has 1 aromatic heterocycles. The average Bonchev–Trinajstić information content (AvgIpc) is 3.13. The highest BCUT2D eigenvalue weighted by Gasteiger charge is 2.16. The maximum Gasteiger partial charge on any atom is 0.336 e. The van der Waals surface area contributed by atoms with Crippen LogP contribution < -0.4 is 10.4 Å². The summed E-state index contributed by atoms with van der Waals surface area (Å²) in [4.78, 5) is 14.3. The number of hydrogen-bond acceptors (Lipinski definition) is 4. The number of hydrogen-bond donors (Lipinski definition) is 0. The molecule has 0 unspecified atom stereocenters. The topological polar surface area (TPSA) is 42.7 Å². The van der Waals surface area contributed by atoms with Crippen LogP contribution in [0, 0.1) is 5.82 Å². The summed E-state index contributed by atoms with van der Waals surface area (Å²) in [5.74, 6) is -0.121. The van der Waals surface area contributed by atoms with Crippen molar-refractivity contribution < 1.29 is 13.5 Å². The fourth-order valence-electron chi connectivity index (χ4n) is 4.01. The number of halogens is 1. The molecule has 0 atom stereocenters. The van der Waals surface area contributed by atoms with E-state index in [2.05, 4.69) is 17.9 Å². The Hall–Kier alpha value is -2.66. The van der Waals surface area contributed by atoms with Gasteiger partial charge in [0.15, 0.2) is 11.6 Å². The number of ether oxygens (including phenoxy) is 1. The first kappa shape index (κ1) is 18.7. The van der Waals surface area contributed by atoms with Gasteiger partial charge < -0.3 is 9.15 Å². The van der Waals surface area contributed by atoms with E-state index in [1.165, 1.54) is 24.3 Å². The Kier molecular flexibility index (Phi) is 5.18. The van der Waals surface area contributed by atoms with Gasteiger partial charge in [0.2, 0.25) is 0 Å². The van der Waals surface area contributed by atoms with Crippen molar-refractivity contribution in [2.45, 2.75) is 39.3 Å². The third-order valence-corrected chi connectivity index (χ3v) is 5.51. The molecule has 0 amide bonds. The molecule has 146 valence electrons. The Balaban J connectivity index is 1.64. The molecule has 1 aliphatic rings. The zero-order valence-electron chi connectivity index (χ0n) is 16.3. The first-order valence-corrected chi connectivity index (χ1v) is 9.70. The maximum absolute atomic E-state index is 14.0. The Morgan fingerprint density at radius 3 is 2.61 bits per heavy atom. The van der Waals surface area contributed by atoms with Crippen LogP contribution in [0.4, 0.5) is 4.39 Å². The molecule has 0 fully saturated rings. The van der Waals surface area contributed by atoms with E-state index in [0.29, 0.717) is 18.7 Å². The highest BCUT2D eigenvalue weighted by Crippen LogP contribution is 2.29. The summed E-state index contributed by atoms with van der Waals surface area (Å²) in [7, 11) is 1.46. The van der Waals surface area contributed by atoms with Gasteiger partial charge in [-0.2, -0.15) is 0 Å². The minimum Gasteiger partial charge on any atom is -0.494 e. The molecule has 4 nitrogen and oxygen atoms in total. The van der Waals surface area contributed by atoms with Crippen LogP contribution in [0.1, 0.15) is 35.6 Å². The van der Waals surface area contributed by atoms with Gasteiger partial charge in [-0.1, -0.05) is 13.0 Å². The lowest BCUT2D eigenvalue weighted by molar-refractivity contribution is 0.271. The molecule has 1 heterocycles. The predicted molar refractivity (Wildman–Crippen MR) is 107 cm³/mol. The molecule has 2 aromatic carbocycles. The Bertz CT molecular complexity index is 1070. The molecular weight excluding hydrogens is 357 g/mol. The number of rotatable bonds is 6. The lowest BCUT2D eigenvalue weighted by atomic mass is 10.0. The van der Waals surface area contributed by atoms with E-state index in [1.807, 2.05) is 12.1 Å². The third kappa shape index (κ3) is 3.67. The Morgan fingerprint density at radius 2 is 1.89 bits per heavy atom. The second-order valence-electron chi connectivity index (χ2n) is 7.33. The van der Waals surface area contributed by atoms with Crippen LogP contribution in [-0.4, -0.2) is 18.6 Å². The SMILES string of the molecule is CCN(Cc1ccc(OC)c(F)c1)Cc1cc(=O)oc2cc3c(cc12)CCC3. The van der Waals surface area contributed by atoms with Crippen molar-refractivity contribution in [3.05, 3.63) is 74.9 Å². The Morgan fingerprint density at radius 1 is 1.11 bits per heavy atom. The number of fused-ring (bicyclic) bond motifs is 2. The molecule has 5 heteroatoms. The van der Waals surface area contributed by atoms with E-state index in [9.17, 15) is 9.18 Å². The van der Waals surface area contributed by atoms with Crippen LogP contribution in [0.5, 0.6) is 5.75 Å². The molecule has 0 saturated heterocycles. The standard InChI is InChI=1S/C23H24FNO3/c1-3-25(13-15-7-8-21(27-2)20(24)9-15)14-18-12-23(26)28-22-11-17-6-4-5-16(17)10-19(18)22/h7-12H,3-6,13-14H2,1-2H3. The van der Waals surface area contributed by atoms with Gasteiger partial charge in [0.25, 0.3) is 0 Å². The van der Waals surface area contributed by atoms with E-state index in [-0.39, 0.29) is 17.2 Å². The van der Waals surface area contributed by atoms with Gasteiger partial charge in [-0.25, -0.2) is 9.18 Å². The van der Waals surface area contributed by atoms with Crippen molar-refractivity contribution in [3.63, 3.8) is 0 Å². The summed E-state index contributed by atoms with van der Waals surface area (Å²) in [5.41, 5.74) is 4.79. The molecule has 0 aliphatic heterocycles. The molecule has 28 heavy (non-hydrogen) atoms. The van der Waals surface area contributed by atoms with Crippen LogP contribution in [0.2, 0.25) is 0 Å². The smallest absolute Gasteiger partial charge is 0.336 e. The van der Waals surface area contributed by atoms with Gasteiger partial charge in [0.05, 0.1) is 7.11 Å². The van der Waals surface area contributed by atoms with E-state index in [4.69, 9.17) is 9.15 Å². The lowest BCUT2D eigenvalue weighted by Crippen LogP contribution is -2.23. The molecule has 0 saturated carbocycles. The maximum atomic E-state index is 14.0. The highest BCUT2D eigenvalue weighted by molar-refractivity contribution is 5.82. The number of methoxy groups -OCH3 is 1. The summed E-state index contributed by atoms with van der Waals surface area (Å²) in [6.07, 6.45) is 3.27. The van der Waals surface area contributed by atoms with Gasteiger partial charge in [0, 0.05) is 24.5 Å². The molecule has 0 N–H and O–H groups in total. The summed E-state index contributed by atoms with van der Waals surface area (Å²) in [6, 6.07) is 10.8. The molecule has 3 aromatic rings. The lowest BCUT2D eigenvalue weighted by Gasteiger charge is -2.21. The van der Waals surface area contributed by atoms with Crippen molar-refractivity contribution in [1.82, 2.24) is 4.90 Å². The molecule has 0 radical (unpaired) electrons. The summed E-state index contributed by atoms with van der Waals surface area (Å²) in [6.45, 7) is 4.03. The molecule has 0 spiro atoms. The second-order valence-corrected chi connectivity index (χ2v) is 7.33. The summed E-state index contributed by atoms with van der Waals surface area (Å²) >= 11 is 0. The first-order valence-electron chi connectivity index (χ1n) is 9.70. The van der Waals surface area contributed by atoms with Crippen LogP contribution in [-0.2, 0) is 25.9 Å². The largest absolute Gasteiger partial charge is 0.494 e. The monoisotopic (exact) mass is 381 g/mol. The average molecular weight is 381 g/mol. The normalized spacial score (nSPS) is 13.3. The number of benzene rings is 2. The third-order valence-electron chi connectivity index (χ3n) is 5.51. The van der Waals surface area contributed by atoms with Gasteiger partial charge >= 0.3 is 5.63 Å². The molecular formula is C23H24FNO3. The van der Waals surface area contributed by atoms with E-state index < -0.39 is 0 Å². The van der Waals surface area contributed by atoms with E-state index in [1.54, 1.807) is 12.1 Å². The quantitative estimate of drug-likeness (QED) is 0.592. The predicted octanol–water partition coefficient (Wildman–Crippen LogP) is 4.45. The van der Waals surface area contributed by atoms with Crippen LogP contribution in [0.25, 0.3) is 11.0 Å². The van der Waals surface area contributed by atoms with Crippen molar-refractivity contribution in [1.29, 1.82) is 0 Å². The number of nitrogens with zero attached hydrogens (tertiary/aromatic N) is 1. The van der Waals surface area contributed by atoms with Gasteiger partial charge in [-0.05, 0) is 72.3 Å². The fraction of sp³-hybridized carbons (Fsp3) is 0.348. The van der Waals surface area contributed by atoms with Gasteiger partial charge in [0.1, 0.15) is 5.58 Å². The highest BCUT2D eigenvalue weighted by atomic mass is 19.1. The fourth-order valence-corrected chi connectivity index (χ4v) is 4.01. The van der Waals surface area contributed by atoms with Gasteiger partial charge in [-0.3, -0.25) is 4.90 Å². The van der Waals surface area contributed by atoms with Gasteiger partial charge in [-0.15, -0.1) is 0 Å². The second kappa shape index (κ2) is 7.76. The van der Waals surface area contributed by atoms with E-state index >= 15 is 0 Å². The zero-order chi connectivity index (χ0) is 19.7. The minimum atomic E-state index is -0.363. The molecule has 0 bridgehead atoms. The van der Waals surface area contributed by atoms with E-state index in [0.717, 1.165) is 42.3 Å². The van der Waals surface area contributed by atoms with Crippen LogP contribution >= 0.6 is 0 Å². The molecule has 1 aliphatic carbocycles. The summed E-state index contributed by atoms with van der Waals surface area (Å²) in [5, 5.41) is 1.000. The van der Waals surface area contributed by atoms with Crippen LogP contribution in [0.3, 0.4) is 0 Å². The molecule has 4 rings (SSSR count). The van der Waals surface area contributed by atoms with Crippen molar-refractivity contribution >= 4 is 11.0 Å². The van der Waals surface area contributed by atoms with Crippen molar-refractivity contribution in [3.8, 4) is 5.75 Å². The Labute approximate surface area is 163 Å². The van der Waals surface area contributed by atoms with Crippen molar-refractivity contribution in [2.75, 3.05) is 13.7 Å².